The van der Waals surface area contributed by atoms with Crippen molar-refractivity contribution in [2.24, 2.45) is 0 Å². The smallest absolute Gasteiger partial charge is 0.237 e. The lowest BCUT2D eigenvalue weighted by atomic mass is 10.1. The molecule has 3 rings (SSSR count). The van der Waals surface area contributed by atoms with E-state index in [-0.39, 0.29) is 23.8 Å². The molecule has 0 unspecified atom stereocenters. The number of carbonyl (C=O) groups is 1. The maximum atomic E-state index is 13.4. The van der Waals surface area contributed by atoms with Gasteiger partial charge in [-0.3, -0.25) is 9.69 Å². The van der Waals surface area contributed by atoms with Crippen LogP contribution in [-0.4, -0.2) is 49.7 Å². The summed E-state index contributed by atoms with van der Waals surface area (Å²) < 4.78 is 18.4. The lowest BCUT2D eigenvalue weighted by molar-refractivity contribution is -0.125. The van der Waals surface area contributed by atoms with Gasteiger partial charge in [-0.1, -0.05) is 35.9 Å². The number of nitrogens with zero attached hydrogens (tertiary/aromatic N) is 1. The summed E-state index contributed by atoms with van der Waals surface area (Å²) in [6, 6.07) is 14.2. The van der Waals surface area contributed by atoms with E-state index in [1.165, 1.54) is 12.1 Å². The highest BCUT2D eigenvalue weighted by molar-refractivity contribution is 6.30. The molecule has 2 N–H and O–H groups in total. The van der Waals surface area contributed by atoms with Gasteiger partial charge in [0.25, 0.3) is 0 Å². The molecule has 1 aliphatic rings. The predicted octanol–water partition coefficient (Wildman–Crippen LogP) is 2.97. The van der Waals surface area contributed by atoms with E-state index >= 15 is 0 Å². The molecule has 1 aliphatic heterocycles. The van der Waals surface area contributed by atoms with Crippen molar-refractivity contribution in [3.63, 3.8) is 0 Å². The maximum absolute atomic E-state index is 13.4. The number of carbonyl (C=O) groups excluding carboxylic acids is 1. The quantitative estimate of drug-likeness (QED) is 0.613. The summed E-state index contributed by atoms with van der Waals surface area (Å²) in [7, 11) is 1.61. The SMILES string of the molecule is COCCNC(=O)[C@@H]1C[C@@H](NCc2cccc(F)c2)CN1Cc1ccc(Cl)cc1. The van der Waals surface area contributed by atoms with Crippen molar-refractivity contribution in [3.05, 3.63) is 70.5 Å². The molecule has 2 aromatic rings. The van der Waals surface area contributed by atoms with Gasteiger partial charge in [0.05, 0.1) is 12.6 Å². The largest absolute Gasteiger partial charge is 0.383 e. The highest BCUT2D eigenvalue weighted by atomic mass is 35.5. The molecule has 0 aliphatic carbocycles. The number of hydrogen-bond donors (Lipinski definition) is 2. The van der Waals surface area contributed by atoms with E-state index in [1.54, 1.807) is 13.2 Å². The van der Waals surface area contributed by atoms with Gasteiger partial charge in [-0.05, 0) is 41.8 Å². The summed E-state index contributed by atoms with van der Waals surface area (Å²) in [5.74, 6) is -0.235. The van der Waals surface area contributed by atoms with Gasteiger partial charge in [0, 0.05) is 44.4 Å². The number of benzene rings is 2. The highest BCUT2D eigenvalue weighted by Crippen LogP contribution is 2.22. The fourth-order valence-corrected chi connectivity index (χ4v) is 3.75. The van der Waals surface area contributed by atoms with Gasteiger partial charge in [0.2, 0.25) is 5.91 Å². The standard InChI is InChI=1S/C22H27ClFN3O2/c1-29-10-9-25-22(28)21-12-20(26-13-17-3-2-4-19(24)11-17)15-27(21)14-16-5-7-18(23)8-6-16/h2-8,11,20-21,26H,9-10,12-15H2,1H3,(H,25,28)/t20-,21+/m1/s1. The summed E-state index contributed by atoms with van der Waals surface area (Å²) in [6.45, 7) is 2.94. The van der Waals surface area contributed by atoms with E-state index in [0.717, 1.165) is 17.7 Å². The lowest BCUT2D eigenvalue weighted by Gasteiger charge is -2.23. The molecular weight excluding hydrogens is 393 g/mol. The summed E-state index contributed by atoms with van der Waals surface area (Å²) in [6.07, 6.45) is 0.696. The lowest BCUT2D eigenvalue weighted by Crippen LogP contribution is -2.43. The molecule has 1 heterocycles. The van der Waals surface area contributed by atoms with E-state index in [4.69, 9.17) is 16.3 Å². The van der Waals surface area contributed by atoms with Crippen LogP contribution in [0.5, 0.6) is 0 Å². The van der Waals surface area contributed by atoms with Crippen molar-refractivity contribution in [1.82, 2.24) is 15.5 Å². The average molecular weight is 420 g/mol. The minimum Gasteiger partial charge on any atom is -0.383 e. The van der Waals surface area contributed by atoms with Crippen LogP contribution in [0, 0.1) is 5.82 Å². The Morgan fingerprint density at radius 3 is 2.76 bits per heavy atom. The topological polar surface area (TPSA) is 53.6 Å². The van der Waals surface area contributed by atoms with Crippen LogP contribution in [0.25, 0.3) is 0 Å². The molecule has 1 saturated heterocycles. The fraction of sp³-hybridized carbons (Fsp3) is 0.409. The zero-order valence-electron chi connectivity index (χ0n) is 16.5. The van der Waals surface area contributed by atoms with Crippen molar-refractivity contribution < 1.29 is 13.9 Å². The fourth-order valence-electron chi connectivity index (χ4n) is 3.63. The van der Waals surface area contributed by atoms with Gasteiger partial charge in [0.1, 0.15) is 5.82 Å². The number of likely N-dealkylation sites (tertiary alicyclic amines) is 1. The molecule has 1 amide bonds. The van der Waals surface area contributed by atoms with Crippen molar-refractivity contribution in [2.75, 3.05) is 26.8 Å². The number of ether oxygens (including phenoxy) is 1. The first-order valence-corrected chi connectivity index (χ1v) is 10.2. The zero-order valence-corrected chi connectivity index (χ0v) is 17.3. The van der Waals surface area contributed by atoms with Crippen LogP contribution in [-0.2, 0) is 22.6 Å². The molecule has 1 fully saturated rings. The van der Waals surface area contributed by atoms with Gasteiger partial charge >= 0.3 is 0 Å². The molecule has 0 radical (unpaired) electrons. The summed E-state index contributed by atoms with van der Waals surface area (Å²) in [4.78, 5) is 14.9. The molecule has 156 valence electrons. The van der Waals surface area contributed by atoms with Crippen LogP contribution in [0.15, 0.2) is 48.5 Å². The minimum absolute atomic E-state index is 0.00562. The Morgan fingerprint density at radius 2 is 2.03 bits per heavy atom. The van der Waals surface area contributed by atoms with Crippen LogP contribution >= 0.6 is 11.6 Å². The van der Waals surface area contributed by atoms with E-state index in [9.17, 15) is 9.18 Å². The second-order valence-electron chi connectivity index (χ2n) is 7.30. The number of amides is 1. The number of halogens is 2. The Kier molecular flexibility index (Phi) is 8.00. The third-order valence-electron chi connectivity index (χ3n) is 5.09. The predicted molar refractivity (Wildman–Crippen MR) is 112 cm³/mol. The molecule has 2 aromatic carbocycles. The Labute approximate surface area is 176 Å². The molecule has 2 atom stereocenters. The Hall–Kier alpha value is -1.99. The number of hydrogen-bond acceptors (Lipinski definition) is 4. The second-order valence-corrected chi connectivity index (χ2v) is 7.74. The van der Waals surface area contributed by atoms with E-state index in [1.807, 2.05) is 30.3 Å². The van der Waals surface area contributed by atoms with Crippen molar-refractivity contribution >= 4 is 17.5 Å². The summed E-state index contributed by atoms with van der Waals surface area (Å²) in [5.41, 5.74) is 2.00. The second kappa shape index (κ2) is 10.7. The third-order valence-corrected chi connectivity index (χ3v) is 5.35. The minimum atomic E-state index is -0.240. The van der Waals surface area contributed by atoms with Crippen LogP contribution in [0.2, 0.25) is 5.02 Å². The normalized spacial score (nSPS) is 19.4. The first-order valence-electron chi connectivity index (χ1n) is 9.78. The molecule has 29 heavy (non-hydrogen) atoms. The molecule has 0 spiro atoms. The van der Waals surface area contributed by atoms with E-state index in [0.29, 0.717) is 37.7 Å². The Morgan fingerprint density at radius 1 is 1.24 bits per heavy atom. The first-order chi connectivity index (χ1) is 14.0. The Balaban J connectivity index is 1.63. The zero-order chi connectivity index (χ0) is 20.6. The van der Waals surface area contributed by atoms with E-state index < -0.39 is 0 Å². The molecule has 0 bridgehead atoms. The molecular formula is C22H27ClFN3O2. The maximum Gasteiger partial charge on any atom is 0.237 e. The number of methoxy groups -OCH3 is 1. The van der Waals surface area contributed by atoms with Gasteiger partial charge in [-0.15, -0.1) is 0 Å². The third kappa shape index (κ3) is 6.51. The summed E-state index contributed by atoms with van der Waals surface area (Å²) in [5, 5.41) is 7.11. The molecule has 7 heteroatoms. The van der Waals surface area contributed by atoms with Crippen LogP contribution in [0.3, 0.4) is 0 Å². The van der Waals surface area contributed by atoms with Crippen LogP contribution in [0.1, 0.15) is 17.5 Å². The molecule has 0 saturated carbocycles. The number of nitrogens with one attached hydrogen (secondary N) is 2. The van der Waals surface area contributed by atoms with E-state index in [2.05, 4.69) is 15.5 Å². The van der Waals surface area contributed by atoms with Crippen LogP contribution < -0.4 is 10.6 Å². The first kappa shape index (κ1) is 21.7. The van der Waals surface area contributed by atoms with Gasteiger partial charge < -0.3 is 15.4 Å². The summed E-state index contributed by atoms with van der Waals surface area (Å²) >= 11 is 5.99. The molecule has 5 nitrogen and oxygen atoms in total. The van der Waals surface area contributed by atoms with Crippen molar-refractivity contribution in [1.29, 1.82) is 0 Å². The monoisotopic (exact) mass is 419 g/mol. The van der Waals surface area contributed by atoms with Gasteiger partial charge in [-0.25, -0.2) is 4.39 Å². The highest BCUT2D eigenvalue weighted by Gasteiger charge is 2.36. The Bertz CT molecular complexity index is 803. The van der Waals surface area contributed by atoms with Gasteiger partial charge in [-0.2, -0.15) is 0 Å². The van der Waals surface area contributed by atoms with Crippen molar-refractivity contribution in [3.8, 4) is 0 Å². The van der Waals surface area contributed by atoms with Gasteiger partial charge in [0.15, 0.2) is 0 Å². The number of rotatable bonds is 9. The average Bonchev–Trinajstić information content (AvgIpc) is 3.11. The molecule has 0 aromatic heterocycles. The van der Waals surface area contributed by atoms with Crippen molar-refractivity contribution in [2.45, 2.75) is 31.6 Å². The van der Waals surface area contributed by atoms with Crippen LogP contribution in [0.4, 0.5) is 4.39 Å².